The van der Waals surface area contributed by atoms with Gasteiger partial charge in [0.15, 0.2) is 25.2 Å². The van der Waals surface area contributed by atoms with Crippen LogP contribution in [0.15, 0.2) is 152 Å². The predicted octanol–water partition coefficient (Wildman–Crippen LogP) is 12.7. The second-order valence-corrected chi connectivity index (χ2v) is 24.1. The number of hydrogen-bond donors (Lipinski definition) is 0. The number of rotatable bonds is 27. The van der Waals surface area contributed by atoms with Crippen LogP contribution in [-0.2, 0) is 104 Å². The highest BCUT2D eigenvalue weighted by atomic mass is 31.1. The van der Waals surface area contributed by atoms with E-state index in [4.69, 9.17) is 61.4 Å². The van der Waals surface area contributed by atoms with Crippen LogP contribution < -0.4 is 0 Å². The largest absolute Gasteiger partial charge is 0.468 e. The Morgan fingerprint density at radius 3 is 1.04 bits per heavy atom. The summed E-state index contributed by atoms with van der Waals surface area (Å²) in [5.74, 6) is -0.463. The molecule has 5 aromatic carbocycles. The molecule has 450 valence electrons. The molecule has 20 atom stereocenters. The van der Waals surface area contributed by atoms with Gasteiger partial charge in [0.05, 0.1) is 83.9 Å². The van der Waals surface area contributed by atoms with Crippen molar-refractivity contribution in [2.75, 3.05) is 26.4 Å². The van der Waals surface area contributed by atoms with Crippen molar-refractivity contribution in [3.05, 3.63) is 179 Å². The van der Waals surface area contributed by atoms with Crippen molar-refractivity contribution in [3.63, 3.8) is 0 Å². The van der Waals surface area contributed by atoms with Gasteiger partial charge in [-0.25, -0.2) is 9.13 Å². The molecule has 4 fully saturated rings. The highest BCUT2D eigenvalue weighted by Gasteiger charge is 2.51. The Labute approximate surface area is 492 Å². The fourth-order valence-corrected chi connectivity index (χ4v) is 12.1. The Hall–Kier alpha value is -4.52. The summed E-state index contributed by atoms with van der Waals surface area (Å²) in [7, 11) is -3.07. The summed E-state index contributed by atoms with van der Waals surface area (Å²) in [6.07, 6.45) is -6.85. The van der Waals surface area contributed by atoms with Gasteiger partial charge in [-0.15, -0.1) is 0 Å². The Balaban J connectivity index is 0.943. The van der Waals surface area contributed by atoms with Gasteiger partial charge >= 0.3 is 7.91 Å². The third kappa shape index (κ3) is 17.1. The summed E-state index contributed by atoms with van der Waals surface area (Å²) in [6, 6.07) is 50.5. The van der Waals surface area contributed by atoms with Gasteiger partial charge in [0.2, 0.25) is 0 Å². The summed E-state index contributed by atoms with van der Waals surface area (Å²) in [5.41, 5.74) is 5.21. The first-order chi connectivity index (χ1) is 40.3. The van der Waals surface area contributed by atoms with Gasteiger partial charge < -0.3 is 56.8 Å². The molecule has 83 heavy (non-hydrogen) atoms. The normalized spacial score (nSPS) is 33.8. The Morgan fingerprint density at radius 2 is 0.639 bits per heavy atom. The molecule has 0 aromatic heterocycles. The van der Waals surface area contributed by atoms with Gasteiger partial charge in [-0.2, -0.15) is 0 Å². The Bertz CT molecular complexity index is 2700. The number of ether oxygens (including phenoxy) is 12. The van der Waals surface area contributed by atoms with Crippen molar-refractivity contribution in [1.82, 2.24) is 0 Å². The van der Waals surface area contributed by atoms with E-state index in [1.165, 1.54) is 0 Å². The molecule has 15 nitrogen and oxygen atoms in total. The van der Waals surface area contributed by atoms with Crippen molar-refractivity contribution in [3.8, 4) is 0 Å². The maximum atomic E-state index is 11.6. The number of benzene rings is 5. The molecule has 0 saturated carbocycles. The first-order valence-corrected chi connectivity index (χ1v) is 30.9. The highest BCUT2D eigenvalue weighted by molar-refractivity contribution is 7.24. The van der Waals surface area contributed by atoms with Gasteiger partial charge in [0.25, 0.3) is 0 Å². The molecular formula is C67H87O15P. The van der Waals surface area contributed by atoms with E-state index in [2.05, 4.69) is 84.9 Å². The molecule has 4 aliphatic heterocycles. The van der Waals surface area contributed by atoms with E-state index in [-0.39, 0.29) is 73.8 Å². The predicted molar refractivity (Wildman–Crippen MR) is 311 cm³/mol. The summed E-state index contributed by atoms with van der Waals surface area (Å²) >= 11 is 0. The third-order valence-corrected chi connectivity index (χ3v) is 18.3. The minimum Gasteiger partial charge on any atom is -0.374 e. The van der Waals surface area contributed by atoms with Crippen LogP contribution in [0.25, 0.3) is 0 Å². The van der Waals surface area contributed by atoms with Gasteiger partial charge in [0.1, 0.15) is 24.4 Å². The Kier molecular flexibility index (Phi) is 23.7. The molecule has 0 aliphatic carbocycles. The molecule has 4 saturated heterocycles. The first kappa shape index (κ1) is 63.0. The average molecular weight is 1160 g/mol. The van der Waals surface area contributed by atoms with Crippen molar-refractivity contribution < 1.29 is 70.5 Å². The average Bonchev–Trinajstić information content (AvgIpc) is 3.70. The van der Waals surface area contributed by atoms with E-state index in [0.29, 0.717) is 33.0 Å². The molecule has 0 spiro atoms. The molecule has 9 rings (SSSR count). The lowest BCUT2D eigenvalue weighted by Crippen LogP contribution is -2.59. The smallest absolute Gasteiger partial charge is 0.374 e. The molecule has 0 N–H and O–H groups in total. The van der Waals surface area contributed by atoms with E-state index in [1.54, 1.807) is 0 Å². The van der Waals surface area contributed by atoms with E-state index in [1.807, 2.05) is 122 Å². The summed E-state index contributed by atoms with van der Waals surface area (Å²) in [6.45, 7) is 19.4. The molecule has 0 amide bonds. The summed E-state index contributed by atoms with van der Waals surface area (Å²) in [5, 5.41) is 0. The molecule has 0 radical (unpaired) electrons. The van der Waals surface area contributed by atoms with Crippen molar-refractivity contribution in [1.29, 1.82) is 0 Å². The fraction of sp³-hybridized carbons (Fsp3) is 0.552. The second-order valence-electron chi connectivity index (χ2n) is 23.4. The van der Waals surface area contributed by atoms with Crippen LogP contribution in [0.2, 0.25) is 0 Å². The summed E-state index contributed by atoms with van der Waals surface area (Å²) in [4.78, 5) is 0. The molecule has 4 aliphatic rings. The van der Waals surface area contributed by atoms with Crippen LogP contribution in [0.4, 0.5) is 0 Å². The first-order valence-electron chi connectivity index (χ1n) is 29.8. The lowest BCUT2D eigenvalue weighted by molar-refractivity contribution is -0.352. The van der Waals surface area contributed by atoms with Crippen molar-refractivity contribution >= 4 is 7.91 Å². The van der Waals surface area contributed by atoms with Crippen LogP contribution in [0, 0.1) is 47.3 Å². The van der Waals surface area contributed by atoms with Gasteiger partial charge in [-0.05, 0) is 69.2 Å². The zero-order valence-electron chi connectivity index (χ0n) is 49.4. The van der Waals surface area contributed by atoms with E-state index in [9.17, 15) is 9.13 Å². The van der Waals surface area contributed by atoms with Crippen LogP contribution in [-0.4, -0.2) is 100 Å². The summed E-state index contributed by atoms with van der Waals surface area (Å²) < 4.78 is 110. The monoisotopic (exact) mass is 1160 g/mol. The zero-order valence-corrected chi connectivity index (χ0v) is 50.3. The second kappa shape index (κ2) is 31.2. The minimum atomic E-state index is -3.07. The molecule has 8 unspecified atom stereocenters. The SMILES string of the molecule is CC1[C@H](OCc2ccccc2)OC(COCc2ccccc2)[C@@H](O[C@@H]2OC(CO[C@H]3OC(CO[C@H]4OC(COP(=O)=O)[C@@H](C)[C@H](C)C4OCc4ccccc4)[C@@H](C)[C@H](C)C3OCc3ccccc3)[C@@H](C)[C@H](C)C2OCc2ccccc2)[C@@H]1C. The number of hydrogen-bond acceptors (Lipinski definition) is 15. The van der Waals surface area contributed by atoms with Crippen molar-refractivity contribution in [2.24, 2.45) is 47.3 Å². The third-order valence-electron chi connectivity index (χ3n) is 18.0. The van der Waals surface area contributed by atoms with Gasteiger partial charge in [-0.1, -0.05) is 207 Å². The minimum absolute atomic E-state index is 0.0438. The van der Waals surface area contributed by atoms with Crippen LogP contribution in [0.3, 0.4) is 0 Å². The highest BCUT2D eigenvalue weighted by Crippen LogP contribution is 2.42. The van der Waals surface area contributed by atoms with Crippen molar-refractivity contribution in [2.45, 2.75) is 162 Å². The zero-order chi connectivity index (χ0) is 58.2. The molecule has 0 bridgehead atoms. The quantitative estimate of drug-likeness (QED) is 0.0458. The van der Waals surface area contributed by atoms with E-state index >= 15 is 0 Å². The van der Waals surface area contributed by atoms with Crippen LogP contribution in [0.1, 0.15) is 83.2 Å². The topological polar surface area (TPSA) is 154 Å². The molecule has 4 heterocycles. The molecule has 5 aromatic rings. The molecular weight excluding hydrogens is 1080 g/mol. The maximum Gasteiger partial charge on any atom is 0.468 e. The lowest BCUT2D eigenvalue weighted by atomic mass is 9.82. The Morgan fingerprint density at radius 1 is 0.313 bits per heavy atom. The van der Waals surface area contributed by atoms with Gasteiger partial charge in [-0.3, -0.25) is 4.52 Å². The van der Waals surface area contributed by atoms with Crippen LogP contribution in [0.5, 0.6) is 0 Å². The van der Waals surface area contributed by atoms with Crippen LogP contribution >= 0.6 is 7.91 Å². The van der Waals surface area contributed by atoms with E-state index < -0.39 is 81.9 Å². The van der Waals surface area contributed by atoms with E-state index in [0.717, 1.165) is 27.8 Å². The molecule has 16 heteroatoms. The standard InChI is InChI=1S/C67H87O15P/c1-43-46(4)61(71-35-52-26-16-10-17-27-52)65(78-56(43)40-75-66-62(72-36-53-28-18-11-19-29-53)47(5)45(3)58(79-66)42-77-83(68)69)76-41-57-44(2)48(6)63(73-37-54-30-20-12-21-31-54)67(80-57)82-60-49(7)50(8)64(74-38-55-32-22-13-23-33-55)81-59(60)39-70-34-51-24-14-9-15-25-51/h9-33,43-50,56-67H,34-42H2,1-8H3/t43-,44-,45-,46-,47-,48-,49+,50?,56?,57?,58?,59?,60-,61?,62?,63?,64+,65-,66-,67-/m0/s1. The maximum absolute atomic E-state index is 11.6. The van der Waals surface area contributed by atoms with Gasteiger partial charge in [0, 0.05) is 5.92 Å². The fourth-order valence-electron chi connectivity index (χ4n) is 11.8. The lowest BCUT2D eigenvalue weighted by Gasteiger charge is -2.50.